The number of nitrogens with one attached hydrogen (secondary N) is 1. The van der Waals surface area contributed by atoms with Gasteiger partial charge >= 0.3 is 5.97 Å². The summed E-state index contributed by atoms with van der Waals surface area (Å²) in [5.74, 6) is -0.962. The van der Waals surface area contributed by atoms with Crippen LogP contribution in [0.4, 0.5) is 0 Å². The van der Waals surface area contributed by atoms with Gasteiger partial charge in [-0.3, -0.25) is 4.98 Å². The summed E-state index contributed by atoms with van der Waals surface area (Å²) in [4.78, 5) is 15.0. The van der Waals surface area contributed by atoms with E-state index in [9.17, 15) is 4.79 Å². The van der Waals surface area contributed by atoms with Crippen LogP contribution < -0.4 is 5.32 Å². The first-order valence-electron chi connectivity index (χ1n) is 5.70. The number of carboxylic acids is 1. The number of nitrogens with zero attached hydrogens (tertiary/aromatic N) is 1. The van der Waals surface area contributed by atoms with E-state index < -0.39 is 5.97 Å². The number of carbonyl (C=O) groups is 1. The normalized spacial score (nSPS) is 10.5. The minimum absolute atomic E-state index is 0.227. The number of rotatable bonds is 9. The van der Waals surface area contributed by atoms with Gasteiger partial charge in [-0.1, -0.05) is 0 Å². The zero-order valence-electron chi connectivity index (χ0n) is 10.4. The molecule has 0 fully saturated rings. The molecule has 6 heteroatoms. The van der Waals surface area contributed by atoms with Gasteiger partial charge in [0.1, 0.15) is 0 Å². The molecule has 100 valence electrons. The van der Waals surface area contributed by atoms with Gasteiger partial charge < -0.3 is 19.9 Å². The van der Waals surface area contributed by atoms with Gasteiger partial charge in [-0.25, -0.2) is 4.79 Å². The first-order valence-corrected chi connectivity index (χ1v) is 5.70. The molecule has 0 aliphatic carbocycles. The molecular formula is C12H18N2O4. The molecular weight excluding hydrogens is 236 g/mol. The maximum Gasteiger partial charge on any atom is 0.337 e. The molecule has 0 bridgehead atoms. The highest BCUT2D eigenvalue weighted by Crippen LogP contribution is 2.04. The van der Waals surface area contributed by atoms with Crippen molar-refractivity contribution in [1.82, 2.24) is 10.3 Å². The van der Waals surface area contributed by atoms with Crippen LogP contribution in [-0.2, 0) is 16.0 Å². The fraction of sp³-hybridized carbons (Fsp3) is 0.500. The predicted octanol–water partition coefficient (Wildman–Crippen LogP) is 0.532. The summed E-state index contributed by atoms with van der Waals surface area (Å²) in [6, 6.07) is 3.16. The molecule has 18 heavy (non-hydrogen) atoms. The van der Waals surface area contributed by atoms with Crippen LogP contribution in [0.15, 0.2) is 18.3 Å². The molecule has 1 aromatic rings. The maximum absolute atomic E-state index is 10.9. The van der Waals surface area contributed by atoms with Gasteiger partial charge in [0.25, 0.3) is 0 Å². The van der Waals surface area contributed by atoms with Crippen molar-refractivity contribution in [2.24, 2.45) is 0 Å². The quantitative estimate of drug-likeness (QED) is 0.626. The van der Waals surface area contributed by atoms with Gasteiger partial charge in [-0.05, 0) is 12.1 Å². The van der Waals surface area contributed by atoms with Gasteiger partial charge in [0.05, 0.1) is 31.1 Å². The van der Waals surface area contributed by atoms with Crippen molar-refractivity contribution in [3.8, 4) is 0 Å². The molecule has 6 nitrogen and oxygen atoms in total. The van der Waals surface area contributed by atoms with Crippen LogP contribution in [0.1, 0.15) is 16.1 Å². The number of methoxy groups -OCH3 is 1. The van der Waals surface area contributed by atoms with E-state index in [2.05, 4.69) is 10.3 Å². The lowest BCUT2D eigenvalue weighted by Gasteiger charge is -2.07. The van der Waals surface area contributed by atoms with E-state index in [1.54, 1.807) is 25.4 Å². The van der Waals surface area contributed by atoms with Gasteiger partial charge in [0.2, 0.25) is 0 Å². The highest BCUT2D eigenvalue weighted by Gasteiger charge is 2.09. The average Bonchev–Trinajstić information content (AvgIpc) is 2.38. The second-order valence-corrected chi connectivity index (χ2v) is 3.58. The minimum Gasteiger partial charge on any atom is -0.478 e. The molecule has 2 N–H and O–H groups in total. The lowest BCUT2D eigenvalue weighted by molar-refractivity contribution is 0.0693. The number of carboxylic acid groups (broad SMARTS) is 1. The number of ether oxygens (including phenoxy) is 2. The van der Waals surface area contributed by atoms with Crippen LogP contribution in [-0.4, -0.2) is 49.5 Å². The lowest BCUT2D eigenvalue weighted by Crippen LogP contribution is -2.22. The number of aromatic carboxylic acids is 1. The Balaban J connectivity index is 2.25. The molecule has 0 saturated heterocycles. The molecule has 1 rings (SSSR count). The summed E-state index contributed by atoms with van der Waals surface area (Å²) in [7, 11) is 1.62. The fourth-order valence-electron chi connectivity index (χ4n) is 1.37. The fourth-order valence-corrected chi connectivity index (χ4v) is 1.37. The molecule has 0 amide bonds. The number of aromatic nitrogens is 1. The average molecular weight is 254 g/mol. The van der Waals surface area contributed by atoms with Crippen LogP contribution in [0.3, 0.4) is 0 Å². The zero-order chi connectivity index (χ0) is 13.2. The number of pyridine rings is 1. The Kier molecular flexibility index (Phi) is 6.93. The summed E-state index contributed by atoms with van der Waals surface area (Å²) < 4.78 is 10.1. The van der Waals surface area contributed by atoms with E-state index in [1.165, 1.54) is 0 Å². The third-order valence-corrected chi connectivity index (χ3v) is 2.27. The summed E-state index contributed by atoms with van der Waals surface area (Å²) in [5, 5.41) is 12.0. The summed E-state index contributed by atoms with van der Waals surface area (Å²) in [6.45, 7) is 2.74. The Morgan fingerprint density at radius 1 is 1.44 bits per heavy atom. The van der Waals surface area contributed by atoms with Gasteiger partial charge in [-0.2, -0.15) is 0 Å². The first kappa shape index (κ1) is 14.6. The Hall–Kier alpha value is -1.50. The van der Waals surface area contributed by atoms with Crippen LogP contribution in [0.25, 0.3) is 0 Å². The Bertz CT molecular complexity index is 371. The van der Waals surface area contributed by atoms with E-state index in [1.807, 2.05) is 0 Å². The van der Waals surface area contributed by atoms with Crippen molar-refractivity contribution in [1.29, 1.82) is 0 Å². The lowest BCUT2D eigenvalue weighted by atomic mass is 10.2. The third-order valence-electron chi connectivity index (χ3n) is 2.27. The van der Waals surface area contributed by atoms with Crippen molar-refractivity contribution in [3.63, 3.8) is 0 Å². The predicted molar refractivity (Wildman–Crippen MR) is 65.6 cm³/mol. The Labute approximate surface area is 106 Å². The van der Waals surface area contributed by atoms with E-state index >= 15 is 0 Å². The summed E-state index contributed by atoms with van der Waals surface area (Å²) in [6.07, 6.45) is 1.58. The topological polar surface area (TPSA) is 80.7 Å². The Morgan fingerprint density at radius 3 is 3.00 bits per heavy atom. The van der Waals surface area contributed by atoms with Crippen molar-refractivity contribution < 1.29 is 19.4 Å². The SMILES string of the molecule is COCCOCCNCc1ncccc1C(=O)O. The van der Waals surface area contributed by atoms with Crippen molar-refractivity contribution >= 4 is 5.97 Å². The van der Waals surface area contributed by atoms with Crippen LogP contribution >= 0.6 is 0 Å². The molecule has 0 aromatic carbocycles. The molecule has 0 unspecified atom stereocenters. The second kappa shape index (κ2) is 8.57. The minimum atomic E-state index is -0.962. The van der Waals surface area contributed by atoms with Crippen LogP contribution in [0.5, 0.6) is 0 Å². The number of hydrogen-bond donors (Lipinski definition) is 2. The largest absolute Gasteiger partial charge is 0.478 e. The second-order valence-electron chi connectivity index (χ2n) is 3.58. The number of hydrogen-bond acceptors (Lipinski definition) is 5. The molecule has 0 atom stereocenters. The standard InChI is InChI=1S/C12H18N2O4/c1-17-7-8-18-6-5-13-9-11-10(12(15)16)3-2-4-14-11/h2-4,13H,5-9H2,1H3,(H,15,16). The zero-order valence-corrected chi connectivity index (χ0v) is 10.4. The van der Waals surface area contributed by atoms with E-state index in [0.717, 1.165) is 0 Å². The van der Waals surface area contributed by atoms with Gasteiger partial charge in [0.15, 0.2) is 0 Å². The van der Waals surface area contributed by atoms with E-state index in [0.29, 0.717) is 38.6 Å². The molecule has 1 heterocycles. The molecule has 0 aliphatic heterocycles. The van der Waals surface area contributed by atoms with E-state index in [-0.39, 0.29) is 5.56 Å². The highest BCUT2D eigenvalue weighted by molar-refractivity contribution is 5.88. The monoisotopic (exact) mass is 254 g/mol. The summed E-state index contributed by atoms with van der Waals surface area (Å²) >= 11 is 0. The third kappa shape index (κ3) is 5.22. The van der Waals surface area contributed by atoms with Crippen molar-refractivity contribution in [3.05, 3.63) is 29.6 Å². The van der Waals surface area contributed by atoms with Crippen LogP contribution in [0.2, 0.25) is 0 Å². The smallest absolute Gasteiger partial charge is 0.337 e. The van der Waals surface area contributed by atoms with Gasteiger partial charge in [-0.15, -0.1) is 0 Å². The van der Waals surface area contributed by atoms with E-state index in [4.69, 9.17) is 14.6 Å². The van der Waals surface area contributed by atoms with Gasteiger partial charge in [0, 0.05) is 26.4 Å². The molecule has 0 aliphatic rings. The molecule has 0 saturated carbocycles. The molecule has 0 spiro atoms. The van der Waals surface area contributed by atoms with Crippen molar-refractivity contribution in [2.75, 3.05) is 33.5 Å². The van der Waals surface area contributed by atoms with Crippen molar-refractivity contribution in [2.45, 2.75) is 6.54 Å². The first-order chi connectivity index (χ1) is 8.75. The molecule has 0 radical (unpaired) electrons. The molecule has 1 aromatic heterocycles. The Morgan fingerprint density at radius 2 is 2.28 bits per heavy atom. The summed E-state index contributed by atoms with van der Waals surface area (Å²) in [5.41, 5.74) is 0.757. The van der Waals surface area contributed by atoms with Crippen LogP contribution in [0, 0.1) is 0 Å². The highest BCUT2D eigenvalue weighted by atomic mass is 16.5. The maximum atomic E-state index is 10.9.